The third-order valence-corrected chi connectivity index (χ3v) is 9.59. The Morgan fingerprint density at radius 3 is 2.59 bits per heavy atom. The minimum Gasteiger partial charge on any atom is -0.377 e. The molecule has 0 aromatic heterocycles. The van der Waals surface area contributed by atoms with Crippen molar-refractivity contribution >= 4 is 0 Å². The summed E-state index contributed by atoms with van der Waals surface area (Å²) in [4.78, 5) is 0. The van der Waals surface area contributed by atoms with Crippen LogP contribution in [0.2, 0.25) is 0 Å². The molecule has 7 atom stereocenters. The lowest BCUT2D eigenvalue weighted by molar-refractivity contribution is -0.1000. The molecule has 3 unspecified atom stereocenters. The molecule has 4 aliphatic carbocycles. The van der Waals surface area contributed by atoms with Gasteiger partial charge in [-0.25, -0.2) is 0 Å². The first-order valence-electron chi connectivity index (χ1n) is 12.1. The predicted molar refractivity (Wildman–Crippen MR) is 120 cm³/mol. The minimum absolute atomic E-state index is 0.0807. The summed E-state index contributed by atoms with van der Waals surface area (Å²) in [5.74, 6) is 4.91. The summed E-state index contributed by atoms with van der Waals surface area (Å²) in [6.45, 7) is 11.3. The van der Waals surface area contributed by atoms with Gasteiger partial charge in [-0.15, -0.1) is 6.42 Å². The van der Waals surface area contributed by atoms with Gasteiger partial charge in [0, 0.05) is 30.6 Å². The molecule has 3 fully saturated rings. The van der Waals surface area contributed by atoms with E-state index in [9.17, 15) is 5.11 Å². The maximum atomic E-state index is 11.2. The van der Waals surface area contributed by atoms with E-state index >= 15 is 0 Å². The second-order valence-electron chi connectivity index (χ2n) is 11.2. The van der Waals surface area contributed by atoms with E-state index in [1.54, 1.807) is 5.57 Å². The molecule has 3 N–H and O–H groups in total. The van der Waals surface area contributed by atoms with E-state index in [1.165, 1.54) is 32.1 Å². The monoisotopic (exact) mass is 398 g/mol. The van der Waals surface area contributed by atoms with Crippen LogP contribution in [0.25, 0.3) is 0 Å². The van der Waals surface area contributed by atoms with E-state index in [0.717, 1.165) is 44.2 Å². The van der Waals surface area contributed by atoms with Crippen molar-refractivity contribution in [3.8, 4) is 12.3 Å². The molecule has 162 valence electrons. The number of allylic oxidation sites excluding steroid dienone is 1. The highest BCUT2D eigenvalue weighted by Crippen LogP contribution is 2.67. The molecule has 0 spiro atoms. The van der Waals surface area contributed by atoms with E-state index in [-0.39, 0.29) is 5.41 Å². The van der Waals surface area contributed by atoms with Crippen molar-refractivity contribution in [2.45, 2.75) is 96.7 Å². The third kappa shape index (κ3) is 3.40. The van der Waals surface area contributed by atoms with Gasteiger partial charge in [0.1, 0.15) is 5.60 Å². The first-order chi connectivity index (χ1) is 13.7. The van der Waals surface area contributed by atoms with E-state index in [0.29, 0.717) is 23.4 Å². The Morgan fingerprint density at radius 2 is 1.86 bits per heavy atom. The molecule has 29 heavy (non-hydrogen) atoms. The summed E-state index contributed by atoms with van der Waals surface area (Å²) in [5.41, 5.74) is 1.11. The molecular weight excluding hydrogens is 356 g/mol. The van der Waals surface area contributed by atoms with Crippen LogP contribution >= 0.6 is 0 Å². The Labute approximate surface area is 178 Å². The fraction of sp³-hybridized carbons (Fsp3) is 0.846. The molecular formula is C26H42N2O. The molecule has 3 saturated carbocycles. The number of hydrogen-bond donors (Lipinski definition) is 3. The Kier molecular flexibility index (Phi) is 5.69. The molecule has 3 heteroatoms. The van der Waals surface area contributed by atoms with Gasteiger partial charge in [0.15, 0.2) is 0 Å². The fourth-order valence-corrected chi connectivity index (χ4v) is 7.76. The lowest BCUT2D eigenvalue weighted by Gasteiger charge is -2.59. The third-order valence-electron chi connectivity index (χ3n) is 9.59. The topological polar surface area (TPSA) is 44.3 Å². The van der Waals surface area contributed by atoms with Gasteiger partial charge in [0.25, 0.3) is 0 Å². The normalized spacial score (nSPS) is 46.4. The lowest BCUT2D eigenvalue weighted by Crippen LogP contribution is -2.54. The number of rotatable bonds is 5. The molecule has 4 rings (SSSR count). The van der Waals surface area contributed by atoms with E-state index in [2.05, 4.69) is 50.3 Å². The maximum Gasteiger partial charge on any atom is 0.130 e. The van der Waals surface area contributed by atoms with Crippen molar-refractivity contribution in [1.82, 2.24) is 10.6 Å². The highest BCUT2D eigenvalue weighted by molar-refractivity contribution is 5.29. The summed E-state index contributed by atoms with van der Waals surface area (Å²) in [6, 6.07) is 1.09. The quantitative estimate of drug-likeness (QED) is 0.368. The second-order valence-corrected chi connectivity index (χ2v) is 11.2. The molecule has 3 nitrogen and oxygen atoms in total. The van der Waals surface area contributed by atoms with Crippen molar-refractivity contribution in [1.29, 1.82) is 0 Å². The Balaban J connectivity index is 1.46. The highest BCUT2D eigenvalue weighted by Gasteiger charge is 2.63. The van der Waals surface area contributed by atoms with Gasteiger partial charge in [0.05, 0.1) is 0 Å². The minimum atomic E-state index is -0.884. The van der Waals surface area contributed by atoms with E-state index in [4.69, 9.17) is 6.42 Å². The highest BCUT2D eigenvalue weighted by atomic mass is 16.3. The average Bonchev–Trinajstić information content (AvgIpc) is 2.97. The van der Waals surface area contributed by atoms with Gasteiger partial charge < -0.3 is 15.7 Å². The zero-order valence-electron chi connectivity index (χ0n) is 19.1. The second kappa shape index (κ2) is 7.70. The number of aliphatic hydroxyl groups is 1. The number of terminal acetylenes is 1. The zero-order chi connectivity index (χ0) is 20.9. The van der Waals surface area contributed by atoms with E-state index in [1.807, 2.05) is 0 Å². The van der Waals surface area contributed by atoms with Crippen molar-refractivity contribution in [3.05, 3.63) is 11.6 Å². The maximum absolute atomic E-state index is 11.2. The average molecular weight is 399 g/mol. The number of fused-ring (bicyclic) bond motifs is 5. The zero-order valence-corrected chi connectivity index (χ0v) is 19.1. The van der Waals surface area contributed by atoms with E-state index < -0.39 is 5.60 Å². The molecule has 0 amide bonds. The van der Waals surface area contributed by atoms with Crippen molar-refractivity contribution in [2.75, 3.05) is 13.1 Å². The molecule has 0 bridgehead atoms. The van der Waals surface area contributed by atoms with Crippen molar-refractivity contribution < 1.29 is 5.11 Å². The van der Waals surface area contributed by atoms with Gasteiger partial charge in [0.2, 0.25) is 0 Å². The van der Waals surface area contributed by atoms with Crippen LogP contribution in [0.5, 0.6) is 0 Å². The van der Waals surface area contributed by atoms with Crippen LogP contribution < -0.4 is 10.6 Å². The summed E-state index contributed by atoms with van der Waals surface area (Å²) >= 11 is 0. The fourth-order valence-electron chi connectivity index (χ4n) is 7.76. The molecule has 0 aliphatic heterocycles. The molecule has 0 aromatic carbocycles. The smallest absolute Gasteiger partial charge is 0.130 e. The summed E-state index contributed by atoms with van der Waals surface area (Å²) in [5, 5.41) is 18.4. The first-order valence-corrected chi connectivity index (χ1v) is 12.1. The van der Waals surface area contributed by atoms with Crippen LogP contribution in [0, 0.1) is 40.9 Å². The molecule has 0 saturated heterocycles. The van der Waals surface area contributed by atoms with Crippen LogP contribution in [0.4, 0.5) is 0 Å². The Morgan fingerprint density at radius 1 is 1.10 bits per heavy atom. The molecule has 0 heterocycles. The Hall–Kier alpha value is -0.820. The van der Waals surface area contributed by atoms with Crippen LogP contribution in [0.15, 0.2) is 11.6 Å². The van der Waals surface area contributed by atoms with Gasteiger partial charge >= 0.3 is 0 Å². The number of nitrogens with one attached hydrogen (secondary N) is 2. The summed E-state index contributed by atoms with van der Waals surface area (Å²) < 4.78 is 0. The first kappa shape index (κ1) is 21.4. The summed E-state index contributed by atoms with van der Waals surface area (Å²) in [6.07, 6.45) is 17.7. The van der Waals surface area contributed by atoms with Gasteiger partial charge in [-0.2, -0.15) is 0 Å². The van der Waals surface area contributed by atoms with Gasteiger partial charge in [-0.05, 0) is 74.5 Å². The van der Waals surface area contributed by atoms with Crippen LogP contribution in [0.1, 0.15) is 79.1 Å². The number of hydrogen-bond acceptors (Lipinski definition) is 3. The Bertz CT molecular complexity index is 693. The summed E-state index contributed by atoms with van der Waals surface area (Å²) in [7, 11) is 0. The van der Waals surface area contributed by atoms with Crippen molar-refractivity contribution in [3.63, 3.8) is 0 Å². The van der Waals surface area contributed by atoms with Crippen molar-refractivity contribution in [2.24, 2.45) is 28.6 Å². The molecule has 4 aliphatic rings. The molecule has 0 aromatic rings. The SMILES string of the molecule is C#C[C@]1(O)CCC2C3CCC4=C[C@@H](NCCNC(C)C)CC[C@]4(C)C3CC[C@@]21C. The largest absolute Gasteiger partial charge is 0.377 e. The predicted octanol–water partition coefficient (Wildman–Crippen LogP) is 4.27. The lowest BCUT2D eigenvalue weighted by atomic mass is 9.46. The van der Waals surface area contributed by atoms with Crippen LogP contribution in [-0.4, -0.2) is 35.9 Å². The standard InChI is InChI=1S/C26H42N2O/c1-6-26(29)14-11-23-21-8-7-19-17-20(28-16-15-27-18(2)3)9-12-24(19,4)22(21)10-13-25(23,26)5/h1,17-18,20-23,27-29H,7-16H2,2-5H3/t20-,21?,22?,23?,24-,25-,26-/m0/s1. The van der Waals surface area contributed by atoms with Crippen LogP contribution in [-0.2, 0) is 0 Å². The van der Waals surface area contributed by atoms with Gasteiger partial charge in [-0.1, -0.05) is 45.3 Å². The molecule has 0 radical (unpaired) electrons. The van der Waals surface area contributed by atoms with Gasteiger partial charge in [-0.3, -0.25) is 0 Å². The van der Waals surface area contributed by atoms with Crippen LogP contribution in [0.3, 0.4) is 0 Å².